The number of hydrogen-bond acceptors (Lipinski definition) is 15. The van der Waals surface area contributed by atoms with Crippen LogP contribution in [0.15, 0.2) is 113 Å². The number of imidazole rings is 1. The Hall–Kier alpha value is -6.45. The monoisotopic (exact) mass is 1110 g/mol. The summed E-state index contributed by atoms with van der Waals surface area (Å²) in [5.41, 5.74) is 2.78. The number of nitrogens with one attached hydrogen (secondary N) is 2. The van der Waals surface area contributed by atoms with E-state index in [2.05, 4.69) is 45.4 Å². The summed E-state index contributed by atoms with van der Waals surface area (Å²) in [7, 11) is 0. The molecule has 6 aliphatic heterocycles. The van der Waals surface area contributed by atoms with Crippen molar-refractivity contribution >= 4 is 52.2 Å². The first-order chi connectivity index (χ1) is 36.7. The normalized spacial score (nSPS) is 20.4. The standard InChI is InChI=1S/C20H24FN3O2S.C16H15FN4OS.C13H11FN2OS.C7H13NO/c1-20(2,17-12-27-18(22-17)14-3-5-15(21)6-4-14)23-19(25)26-16-11-24-9-7-13(16)8-10-24;1-16(2,20-15(22)21-8-7-18-10-21)13-9-23-14(19-13)11-3-5-12(17)6-4-11;1-13(2,15-8-17)11-7-18-12(16-11)9-3-5-10(14)6-4-9;9-7-5-8-3-1-6(7)2-4-8/h3-6,12-13,16H,7-11H2,1-2H3,(H,23,25);3-10H,1-2H3,(H,20,22);3-7H,1-2H3;6-7,9H,1-5H2/t16-;;;7-/m1..1/s1. The molecule has 406 valence electrons. The highest BCUT2D eigenvalue weighted by molar-refractivity contribution is 7.13. The number of rotatable bonds is 10. The van der Waals surface area contributed by atoms with E-state index in [1.165, 1.54) is 107 Å². The molecule has 6 saturated heterocycles. The van der Waals surface area contributed by atoms with Gasteiger partial charge in [0.05, 0.1) is 34.3 Å². The van der Waals surface area contributed by atoms with E-state index in [9.17, 15) is 32.7 Å². The van der Waals surface area contributed by atoms with Crippen molar-refractivity contribution in [3.63, 3.8) is 0 Å². The summed E-state index contributed by atoms with van der Waals surface area (Å²) in [5, 5.41) is 23.3. The molecule has 2 amide bonds. The fraction of sp³-hybridized carbons (Fsp3) is 0.411. The lowest BCUT2D eigenvalue weighted by molar-refractivity contribution is -0.0350. The summed E-state index contributed by atoms with van der Waals surface area (Å²) in [6.45, 7) is 17.6. The van der Waals surface area contributed by atoms with Gasteiger partial charge < -0.3 is 25.4 Å². The maximum atomic E-state index is 13.1. The molecule has 21 heteroatoms. The third-order valence-electron chi connectivity index (χ3n) is 14.1. The highest BCUT2D eigenvalue weighted by atomic mass is 32.1. The lowest BCUT2D eigenvalue weighted by Gasteiger charge is -2.44. The first-order valence-corrected chi connectivity index (χ1v) is 28.1. The van der Waals surface area contributed by atoms with E-state index in [-0.39, 0.29) is 35.7 Å². The SMILES string of the molecule is CC(C)(N=C=O)c1csc(-c2ccc(F)cc2)n1.CC(C)(NC(=O)O[C@@H]1CN2CCC1CC2)c1csc(-c2ccc(F)cc2)n1.CC(C)(NC(=O)n1ccnc1)c1csc(-c2ccc(F)cc2)n1.O[C@@H]1CN2CCC1CC2. The largest absolute Gasteiger partial charge is 0.445 e. The summed E-state index contributed by atoms with van der Waals surface area (Å²) >= 11 is 4.37. The second-order valence-corrected chi connectivity index (χ2v) is 23.5. The van der Waals surface area contributed by atoms with Gasteiger partial charge in [0.2, 0.25) is 6.08 Å². The Morgan fingerprint density at radius 1 is 0.649 bits per heavy atom. The molecule has 77 heavy (non-hydrogen) atoms. The molecule has 6 fully saturated rings. The number of carbonyl (C=O) groups is 2. The summed E-state index contributed by atoms with van der Waals surface area (Å²) in [6, 6.07) is 18.3. The maximum Gasteiger partial charge on any atom is 0.408 e. The topological polar surface area (TPSA) is 180 Å². The fourth-order valence-corrected chi connectivity index (χ4v) is 12.2. The Morgan fingerprint density at radius 2 is 1.08 bits per heavy atom. The number of aliphatic hydroxyl groups is 1. The van der Waals surface area contributed by atoms with Gasteiger partial charge >= 0.3 is 12.1 Å². The first kappa shape index (κ1) is 56.7. The molecule has 0 saturated carbocycles. The number of nitrogens with zero attached hydrogens (tertiary/aromatic N) is 8. The zero-order valence-electron chi connectivity index (χ0n) is 43.8. The lowest BCUT2D eigenvalue weighted by atomic mass is 9.86. The van der Waals surface area contributed by atoms with Gasteiger partial charge in [0, 0.05) is 58.3 Å². The minimum Gasteiger partial charge on any atom is -0.445 e. The summed E-state index contributed by atoms with van der Waals surface area (Å²) < 4.78 is 46.0. The first-order valence-electron chi connectivity index (χ1n) is 25.4. The van der Waals surface area contributed by atoms with Gasteiger partial charge in [-0.15, -0.1) is 34.0 Å². The van der Waals surface area contributed by atoms with Gasteiger partial charge in [-0.05, 0) is 178 Å². The van der Waals surface area contributed by atoms with E-state index >= 15 is 0 Å². The van der Waals surface area contributed by atoms with Crippen molar-refractivity contribution in [2.24, 2.45) is 16.8 Å². The summed E-state index contributed by atoms with van der Waals surface area (Å²) in [4.78, 5) is 60.9. The van der Waals surface area contributed by atoms with Gasteiger partial charge in [-0.2, -0.15) is 4.99 Å². The van der Waals surface area contributed by atoms with Gasteiger partial charge in [-0.3, -0.25) is 9.47 Å². The number of isocyanates is 1. The van der Waals surface area contributed by atoms with Crippen LogP contribution in [0.1, 0.15) is 84.3 Å². The number of benzene rings is 3. The molecule has 10 heterocycles. The van der Waals surface area contributed by atoms with Crippen LogP contribution in [0.2, 0.25) is 0 Å². The van der Waals surface area contributed by atoms with Gasteiger partial charge in [-0.25, -0.2) is 47.5 Å². The molecular formula is C56H63F3N10O5S3. The molecule has 3 aromatic carbocycles. The molecule has 0 radical (unpaired) electrons. The number of hydrogen-bond donors (Lipinski definition) is 3. The van der Waals surface area contributed by atoms with Crippen LogP contribution in [0.25, 0.3) is 31.7 Å². The fourth-order valence-electron chi connectivity index (χ4n) is 9.26. The van der Waals surface area contributed by atoms with Crippen molar-refractivity contribution in [3.05, 3.63) is 142 Å². The van der Waals surface area contributed by atoms with E-state index in [0.29, 0.717) is 17.5 Å². The molecule has 15 nitrogen and oxygen atoms in total. The molecule has 2 atom stereocenters. The Morgan fingerprint density at radius 3 is 1.45 bits per heavy atom. The Bertz CT molecular complexity index is 3090. The van der Waals surface area contributed by atoms with Crippen LogP contribution in [0.3, 0.4) is 0 Å². The van der Waals surface area contributed by atoms with Crippen LogP contribution in [-0.4, -0.2) is 109 Å². The Labute approximate surface area is 458 Å². The lowest BCUT2D eigenvalue weighted by Crippen LogP contribution is -2.53. The molecule has 0 unspecified atom stereocenters. The molecule has 4 aromatic heterocycles. The van der Waals surface area contributed by atoms with Crippen LogP contribution in [0, 0.1) is 29.3 Å². The third-order valence-corrected chi connectivity index (χ3v) is 16.7. The van der Waals surface area contributed by atoms with Crippen molar-refractivity contribution < 1.29 is 37.4 Å². The van der Waals surface area contributed by atoms with Crippen LogP contribution in [0.4, 0.5) is 22.8 Å². The number of halogens is 3. The number of aromatic nitrogens is 5. The molecule has 0 aliphatic carbocycles. The van der Waals surface area contributed by atoms with E-state index in [4.69, 9.17) is 4.74 Å². The maximum absolute atomic E-state index is 13.1. The minimum atomic E-state index is -0.684. The smallest absolute Gasteiger partial charge is 0.408 e. The van der Waals surface area contributed by atoms with Gasteiger partial charge in [0.15, 0.2) is 0 Å². The minimum absolute atomic E-state index is 0.00694. The van der Waals surface area contributed by atoms with E-state index in [1.54, 1.807) is 68.7 Å². The molecule has 3 N–H and O–H groups in total. The Kier molecular flexibility index (Phi) is 18.4. The zero-order chi connectivity index (χ0) is 54.9. The molecule has 7 aromatic rings. The quantitative estimate of drug-likeness (QED) is 0.0876. The number of piperidine rings is 6. The van der Waals surface area contributed by atoms with Crippen LogP contribution >= 0.6 is 34.0 Å². The number of alkyl carbamates (subject to hydrolysis) is 1. The van der Waals surface area contributed by atoms with Crippen molar-refractivity contribution in [1.29, 1.82) is 0 Å². The van der Waals surface area contributed by atoms with E-state index in [1.807, 2.05) is 43.8 Å². The predicted molar refractivity (Wildman–Crippen MR) is 294 cm³/mol. The molecular weight excluding hydrogens is 1050 g/mol. The predicted octanol–water partition coefficient (Wildman–Crippen LogP) is 11.2. The zero-order valence-corrected chi connectivity index (χ0v) is 46.2. The third kappa shape index (κ3) is 15.0. The second-order valence-electron chi connectivity index (χ2n) is 21.0. The van der Waals surface area contributed by atoms with Gasteiger partial charge in [0.25, 0.3) is 0 Å². The van der Waals surface area contributed by atoms with Crippen molar-refractivity contribution in [1.82, 2.24) is 44.9 Å². The molecule has 6 aliphatic rings. The van der Waals surface area contributed by atoms with Crippen molar-refractivity contribution in [3.8, 4) is 31.7 Å². The van der Waals surface area contributed by atoms with Crippen molar-refractivity contribution in [2.75, 3.05) is 39.3 Å². The summed E-state index contributed by atoms with van der Waals surface area (Å²) in [6.07, 6.45) is 10.4. The number of thiazole rings is 3. The van der Waals surface area contributed by atoms with Crippen LogP contribution in [-0.2, 0) is 26.1 Å². The van der Waals surface area contributed by atoms with Crippen LogP contribution < -0.4 is 10.6 Å². The Balaban J connectivity index is 0.000000143. The van der Waals surface area contributed by atoms with E-state index < -0.39 is 22.7 Å². The molecule has 4 bridgehead atoms. The average molecular weight is 1110 g/mol. The van der Waals surface area contributed by atoms with Gasteiger partial charge in [0.1, 0.15) is 50.4 Å². The number of aliphatic imine (C=N–C) groups is 1. The molecule has 13 rings (SSSR count). The number of amides is 2. The highest BCUT2D eigenvalue weighted by Gasteiger charge is 2.38. The van der Waals surface area contributed by atoms with Gasteiger partial charge in [-0.1, -0.05) is 0 Å². The second kappa shape index (κ2) is 24.9. The van der Waals surface area contributed by atoms with Crippen LogP contribution in [0.5, 0.6) is 0 Å². The molecule has 0 spiro atoms. The summed E-state index contributed by atoms with van der Waals surface area (Å²) in [5.74, 6) is 0.288. The van der Waals surface area contributed by atoms with E-state index in [0.717, 1.165) is 82.1 Å². The number of ether oxygens (including phenoxy) is 1. The highest BCUT2D eigenvalue weighted by Crippen LogP contribution is 2.34. The average Bonchev–Trinajstić information content (AvgIpc) is 4.28. The van der Waals surface area contributed by atoms with Crippen molar-refractivity contribution in [2.45, 2.75) is 96.1 Å². The number of fused-ring (bicyclic) bond motifs is 6. The number of carbonyl (C=O) groups excluding carboxylic acids is 3. The number of aliphatic hydroxyl groups excluding tert-OH is 1.